The molecule has 2 fully saturated rings. The van der Waals surface area contributed by atoms with Gasteiger partial charge in [0.2, 0.25) is 0 Å². The second-order valence-corrected chi connectivity index (χ2v) is 5.98. The largest absolute Gasteiger partial charge is 0.393 e. The van der Waals surface area contributed by atoms with E-state index in [-0.39, 0.29) is 17.9 Å². The molecule has 0 saturated heterocycles. The molecule has 4 nitrogen and oxygen atoms in total. The molecular formula is C13H13ClN2O2. The molecule has 4 atom stereocenters. The SMILES string of the molecule is OC1[C@H]2C[C@@](O)(c3cc(Cl)cc4[nH]ncc34)C[C@@H]12. The quantitative estimate of drug-likeness (QED) is 0.736. The maximum Gasteiger partial charge on any atom is 0.0911 e. The third-order valence-electron chi connectivity index (χ3n) is 4.46. The summed E-state index contributed by atoms with van der Waals surface area (Å²) in [7, 11) is 0. The minimum absolute atomic E-state index is 0.218. The molecule has 0 aliphatic heterocycles. The van der Waals surface area contributed by atoms with Crippen molar-refractivity contribution in [1.82, 2.24) is 10.2 Å². The zero-order valence-electron chi connectivity index (χ0n) is 9.60. The van der Waals surface area contributed by atoms with Gasteiger partial charge in [0.15, 0.2) is 0 Å². The van der Waals surface area contributed by atoms with Gasteiger partial charge in [0.1, 0.15) is 0 Å². The van der Waals surface area contributed by atoms with Crippen molar-refractivity contribution in [2.75, 3.05) is 0 Å². The molecular weight excluding hydrogens is 252 g/mol. The topological polar surface area (TPSA) is 69.1 Å². The summed E-state index contributed by atoms with van der Waals surface area (Å²) in [6, 6.07) is 3.62. The molecule has 2 aliphatic carbocycles. The Hall–Kier alpha value is -1.10. The molecule has 0 spiro atoms. The number of aliphatic hydroxyl groups is 2. The second kappa shape index (κ2) is 3.26. The number of nitrogens with one attached hydrogen (secondary N) is 1. The van der Waals surface area contributed by atoms with E-state index in [9.17, 15) is 10.2 Å². The van der Waals surface area contributed by atoms with E-state index in [1.54, 1.807) is 12.3 Å². The van der Waals surface area contributed by atoms with Crippen LogP contribution in [0.5, 0.6) is 0 Å². The van der Waals surface area contributed by atoms with E-state index in [4.69, 9.17) is 11.6 Å². The Morgan fingerprint density at radius 2 is 2.06 bits per heavy atom. The van der Waals surface area contributed by atoms with Gasteiger partial charge in [-0.05, 0) is 42.4 Å². The van der Waals surface area contributed by atoms with E-state index in [0.29, 0.717) is 17.9 Å². The van der Waals surface area contributed by atoms with Gasteiger partial charge in [-0.3, -0.25) is 5.10 Å². The smallest absolute Gasteiger partial charge is 0.0911 e. The lowest BCUT2D eigenvalue weighted by Crippen LogP contribution is -2.25. The van der Waals surface area contributed by atoms with Crippen LogP contribution in [-0.4, -0.2) is 26.5 Å². The van der Waals surface area contributed by atoms with Crippen molar-refractivity contribution in [1.29, 1.82) is 0 Å². The van der Waals surface area contributed by atoms with Crippen LogP contribution >= 0.6 is 11.6 Å². The highest BCUT2D eigenvalue weighted by Gasteiger charge is 2.61. The highest BCUT2D eigenvalue weighted by molar-refractivity contribution is 6.31. The fourth-order valence-corrected chi connectivity index (χ4v) is 3.67. The lowest BCUT2D eigenvalue weighted by molar-refractivity contribution is 0.0174. The fraction of sp³-hybridized carbons (Fsp3) is 0.462. The summed E-state index contributed by atoms with van der Waals surface area (Å²) < 4.78 is 0. The molecule has 1 aromatic carbocycles. The molecule has 2 saturated carbocycles. The molecule has 2 aliphatic rings. The molecule has 0 amide bonds. The van der Waals surface area contributed by atoms with Gasteiger partial charge >= 0.3 is 0 Å². The normalized spacial score (nSPS) is 38.1. The van der Waals surface area contributed by atoms with Crippen LogP contribution in [-0.2, 0) is 5.60 Å². The van der Waals surface area contributed by atoms with Crippen LogP contribution in [0.3, 0.4) is 0 Å². The van der Waals surface area contributed by atoms with E-state index in [1.807, 2.05) is 6.07 Å². The molecule has 0 radical (unpaired) electrons. The number of halogens is 1. The zero-order valence-corrected chi connectivity index (χ0v) is 10.4. The predicted octanol–water partition coefficient (Wildman–Crippen LogP) is 1.80. The Kier molecular flexibility index (Phi) is 1.95. The van der Waals surface area contributed by atoms with Crippen molar-refractivity contribution in [3.8, 4) is 0 Å². The summed E-state index contributed by atoms with van der Waals surface area (Å²) in [6.45, 7) is 0. The Bertz CT molecular complexity index is 627. The van der Waals surface area contributed by atoms with Gasteiger partial charge in [0, 0.05) is 10.4 Å². The predicted molar refractivity (Wildman–Crippen MR) is 67.2 cm³/mol. The zero-order chi connectivity index (χ0) is 12.5. The monoisotopic (exact) mass is 264 g/mol. The van der Waals surface area contributed by atoms with Crippen molar-refractivity contribution in [3.63, 3.8) is 0 Å². The highest BCUT2D eigenvalue weighted by Crippen LogP contribution is 2.60. The van der Waals surface area contributed by atoms with Crippen LogP contribution in [0.1, 0.15) is 18.4 Å². The molecule has 1 unspecified atom stereocenters. The van der Waals surface area contributed by atoms with Crippen LogP contribution in [0.2, 0.25) is 5.02 Å². The standard InChI is InChI=1S/C13H13ClN2O2/c14-6-1-10(9-5-15-16-11(9)2-6)13(18)3-7-8(4-13)12(7)17/h1-2,5,7-8,12,17-18H,3-4H2,(H,15,16)/t7-,8+,12?,13-. The summed E-state index contributed by atoms with van der Waals surface area (Å²) >= 11 is 6.09. The highest BCUT2D eigenvalue weighted by atomic mass is 35.5. The number of aromatic nitrogens is 2. The van der Waals surface area contributed by atoms with Crippen molar-refractivity contribution >= 4 is 22.5 Å². The molecule has 3 N–H and O–H groups in total. The molecule has 2 aromatic rings. The van der Waals surface area contributed by atoms with E-state index in [1.165, 1.54) is 0 Å². The van der Waals surface area contributed by atoms with E-state index >= 15 is 0 Å². The molecule has 94 valence electrons. The first-order valence-electron chi connectivity index (χ1n) is 6.12. The van der Waals surface area contributed by atoms with Crippen LogP contribution in [0, 0.1) is 11.8 Å². The lowest BCUT2D eigenvalue weighted by Gasteiger charge is -2.26. The van der Waals surface area contributed by atoms with Gasteiger partial charge in [-0.2, -0.15) is 5.10 Å². The summed E-state index contributed by atoms with van der Waals surface area (Å²) in [5, 5.41) is 28.8. The average Bonchev–Trinajstić information content (AvgIpc) is 2.77. The van der Waals surface area contributed by atoms with Gasteiger partial charge in [0.25, 0.3) is 0 Å². The van der Waals surface area contributed by atoms with Crippen LogP contribution in [0.15, 0.2) is 18.3 Å². The fourth-order valence-electron chi connectivity index (χ4n) is 3.45. The maximum absolute atomic E-state index is 10.8. The number of nitrogens with zero attached hydrogens (tertiary/aromatic N) is 1. The van der Waals surface area contributed by atoms with Crippen molar-refractivity contribution < 1.29 is 10.2 Å². The number of aromatic amines is 1. The molecule has 4 rings (SSSR count). The molecule has 1 heterocycles. The third-order valence-corrected chi connectivity index (χ3v) is 4.68. The number of rotatable bonds is 1. The Morgan fingerprint density at radius 1 is 1.33 bits per heavy atom. The number of hydrogen-bond donors (Lipinski definition) is 3. The number of hydrogen-bond acceptors (Lipinski definition) is 3. The van der Waals surface area contributed by atoms with E-state index in [2.05, 4.69) is 10.2 Å². The van der Waals surface area contributed by atoms with E-state index < -0.39 is 5.60 Å². The van der Waals surface area contributed by atoms with Gasteiger partial charge in [-0.1, -0.05) is 11.6 Å². The van der Waals surface area contributed by atoms with Gasteiger partial charge in [-0.15, -0.1) is 0 Å². The summed E-state index contributed by atoms with van der Waals surface area (Å²) in [5.41, 5.74) is 0.798. The lowest BCUT2D eigenvalue weighted by atomic mass is 9.86. The van der Waals surface area contributed by atoms with Crippen LogP contribution in [0.25, 0.3) is 10.9 Å². The third kappa shape index (κ3) is 1.31. The van der Waals surface area contributed by atoms with Gasteiger partial charge in [0.05, 0.1) is 23.4 Å². The maximum atomic E-state index is 10.8. The Balaban J connectivity index is 1.85. The van der Waals surface area contributed by atoms with Crippen LogP contribution in [0.4, 0.5) is 0 Å². The molecule has 0 bridgehead atoms. The van der Waals surface area contributed by atoms with Gasteiger partial charge in [-0.25, -0.2) is 0 Å². The second-order valence-electron chi connectivity index (χ2n) is 5.54. The first kappa shape index (κ1) is 10.8. The van der Waals surface area contributed by atoms with Gasteiger partial charge < -0.3 is 10.2 Å². The Labute approximate surface area is 109 Å². The molecule has 18 heavy (non-hydrogen) atoms. The van der Waals surface area contributed by atoms with E-state index in [0.717, 1.165) is 16.5 Å². The number of benzene rings is 1. The van der Waals surface area contributed by atoms with Crippen molar-refractivity contribution in [3.05, 3.63) is 28.9 Å². The minimum Gasteiger partial charge on any atom is -0.393 e. The number of fused-ring (bicyclic) bond motifs is 2. The minimum atomic E-state index is -0.873. The van der Waals surface area contributed by atoms with Crippen molar-refractivity contribution in [2.45, 2.75) is 24.5 Å². The van der Waals surface area contributed by atoms with Crippen molar-refractivity contribution in [2.24, 2.45) is 11.8 Å². The number of H-pyrrole nitrogens is 1. The first-order valence-corrected chi connectivity index (χ1v) is 6.50. The van der Waals surface area contributed by atoms with Crippen LogP contribution < -0.4 is 0 Å². The summed E-state index contributed by atoms with van der Waals surface area (Å²) in [6.07, 6.45) is 2.72. The molecule has 1 aromatic heterocycles. The number of aliphatic hydroxyl groups excluding tert-OH is 1. The molecule has 5 heteroatoms. The summed E-state index contributed by atoms with van der Waals surface area (Å²) in [4.78, 5) is 0. The average molecular weight is 265 g/mol. The summed E-state index contributed by atoms with van der Waals surface area (Å²) in [5.74, 6) is 0.492. The Morgan fingerprint density at radius 3 is 2.78 bits per heavy atom. The first-order chi connectivity index (χ1) is 8.58.